The molecular weight excluding hydrogens is 328 g/mol. The standard InChI is InChI=1S/C20H32N4O2/c1-3-21-20(24-13-10-17(25)15-24)22-14-19(23-11-4-5-12-23)16-6-8-18(26-2)9-7-16/h6-9,17,19,25H,3-5,10-15H2,1-2H3,(H,21,22)/t17-,19?/m1/s1. The minimum absolute atomic E-state index is 0.241. The van der Waals surface area contributed by atoms with Crippen LogP contribution in [0.2, 0.25) is 0 Å². The van der Waals surface area contributed by atoms with E-state index in [0.717, 1.165) is 50.9 Å². The van der Waals surface area contributed by atoms with Crippen LogP contribution in [0.15, 0.2) is 29.3 Å². The van der Waals surface area contributed by atoms with Crippen LogP contribution in [0.25, 0.3) is 0 Å². The minimum Gasteiger partial charge on any atom is -0.497 e. The van der Waals surface area contributed by atoms with E-state index in [-0.39, 0.29) is 12.1 Å². The fourth-order valence-electron chi connectivity index (χ4n) is 3.84. The number of hydrogen-bond donors (Lipinski definition) is 2. The molecular formula is C20H32N4O2. The number of aliphatic hydroxyl groups is 1. The second-order valence-electron chi connectivity index (χ2n) is 7.12. The van der Waals surface area contributed by atoms with E-state index >= 15 is 0 Å². The summed E-state index contributed by atoms with van der Waals surface area (Å²) in [5.41, 5.74) is 1.29. The van der Waals surface area contributed by atoms with Crippen molar-refractivity contribution in [2.24, 2.45) is 4.99 Å². The van der Waals surface area contributed by atoms with Crippen LogP contribution in [-0.2, 0) is 0 Å². The monoisotopic (exact) mass is 360 g/mol. The lowest BCUT2D eigenvalue weighted by Crippen LogP contribution is -2.41. The molecule has 2 aliphatic heterocycles. The number of aliphatic hydroxyl groups excluding tert-OH is 1. The third kappa shape index (κ3) is 4.68. The average molecular weight is 361 g/mol. The van der Waals surface area contributed by atoms with Gasteiger partial charge in [0.25, 0.3) is 0 Å². The quantitative estimate of drug-likeness (QED) is 0.599. The summed E-state index contributed by atoms with van der Waals surface area (Å²) in [5.74, 6) is 1.80. The molecule has 6 nitrogen and oxygen atoms in total. The van der Waals surface area contributed by atoms with E-state index < -0.39 is 0 Å². The van der Waals surface area contributed by atoms with Crippen molar-refractivity contribution >= 4 is 5.96 Å². The van der Waals surface area contributed by atoms with E-state index in [1.807, 2.05) is 12.1 Å². The van der Waals surface area contributed by atoms with E-state index in [4.69, 9.17) is 9.73 Å². The van der Waals surface area contributed by atoms with Crippen molar-refractivity contribution in [2.75, 3.05) is 46.4 Å². The van der Waals surface area contributed by atoms with E-state index in [2.05, 4.69) is 34.2 Å². The number of methoxy groups -OCH3 is 1. The Labute approximate surface area is 156 Å². The number of benzene rings is 1. The van der Waals surface area contributed by atoms with Gasteiger partial charge in [-0.1, -0.05) is 12.1 Å². The van der Waals surface area contributed by atoms with Crippen molar-refractivity contribution in [2.45, 2.75) is 38.3 Å². The molecule has 1 unspecified atom stereocenters. The Morgan fingerprint density at radius 1 is 1.27 bits per heavy atom. The van der Waals surface area contributed by atoms with Gasteiger partial charge in [-0.15, -0.1) is 0 Å². The number of rotatable bonds is 6. The first-order chi connectivity index (χ1) is 12.7. The van der Waals surface area contributed by atoms with Crippen LogP contribution >= 0.6 is 0 Å². The number of β-amino-alcohol motifs (C(OH)–C–C–N with tert-alkyl or cyclic N) is 1. The average Bonchev–Trinajstić information content (AvgIpc) is 3.33. The lowest BCUT2D eigenvalue weighted by molar-refractivity contribution is 0.187. The van der Waals surface area contributed by atoms with Gasteiger partial charge in [-0.2, -0.15) is 0 Å². The third-order valence-corrected chi connectivity index (χ3v) is 5.29. The molecule has 0 bridgehead atoms. The van der Waals surface area contributed by atoms with Gasteiger partial charge < -0.3 is 20.1 Å². The topological polar surface area (TPSA) is 60.3 Å². The van der Waals surface area contributed by atoms with Gasteiger partial charge in [0.1, 0.15) is 5.75 Å². The zero-order chi connectivity index (χ0) is 18.4. The number of guanidine groups is 1. The molecule has 2 aliphatic rings. The lowest BCUT2D eigenvalue weighted by atomic mass is 10.1. The minimum atomic E-state index is -0.241. The molecule has 2 saturated heterocycles. The van der Waals surface area contributed by atoms with E-state index in [1.54, 1.807) is 7.11 Å². The van der Waals surface area contributed by atoms with Gasteiger partial charge in [-0.3, -0.25) is 9.89 Å². The van der Waals surface area contributed by atoms with Crippen molar-refractivity contribution in [3.63, 3.8) is 0 Å². The number of ether oxygens (including phenoxy) is 1. The number of nitrogens with zero attached hydrogens (tertiary/aromatic N) is 3. The van der Waals surface area contributed by atoms with Crippen molar-refractivity contribution in [1.82, 2.24) is 15.1 Å². The molecule has 0 saturated carbocycles. The fourth-order valence-corrected chi connectivity index (χ4v) is 3.84. The number of hydrogen-bond acceptors (Lipinski definition) is 4. The molecule has 144 valence electrons. The molecule has 1 aromatic rings. The first kappa shape index (κ1) is 19.0. The maximum absolute atomic E-state index is 9.85. The second kappa shape index (κ2) is 9.24. The van der Waals surface area contributed by atoms with Gasteiger partial charge in [-0.25, -0.2) is 0 Å². The van der Waals surface area contributed by atoms with E-state index in [1.165, 1.54) is 18.4 Å². The Balaban J connectivity index is 1.76. The Hall–Kier alpha value is -1.79. The summed E-state index contributed by atoms with van der Waals surface area (Å²) in [5, 5.41) is 13.2. The Morgan fingerprint density at radius 2 is 2.00 bits per heavy atom. The van der Waals surface area contributed by atoms with Crippen molar-refractivity contribution in [3.8, 4) is 5.75 Å². The SMILES string of the molecule is CCNC(=NCC(c1ccc(OC)cc1)N1CCCC1)N1CC[C@@H](O)C1. The molecule has 0 radical (unpaired) electrons. The van der Waals surface area contributed by atoms with Gasteiger partial charge >= 0.3 is 0 Å². The van der Waals surface area contributed by atoms with Gasteiger partial charge in [0.15, 0.2) is 5.96 Å². The largest absolute Gasteiger partial charge is 0.497 e. The van der Waals surface area contributed by atoms with E-state index in [0.29, 0.717) is 6.54 Å². The molecule has 6 heteroatoms. The van der Waals surface area contributed by atoms with Crippen molar-refractivity contribution < 1.29 is 9.84 Å². The Kier molecular flexibility index (Phi) is 6.74. The summed E-state index contributed by atoms with van der Waals surface area (Å²) >= 11 is 0. The summed E-state index contributed by atoms with van der Waals surface area (Å²) in [6.45, 7) is 7.44. The highest BCUT2D eigenvalue weighted by Crippen LogP contribution is 2.27. The second-order valence-corrected chi connectivity index (χ2v) is 7.12. The zero-order valence-electron chi connectivity index (χ0n) is 16.0. The normalized spacial score (nSPS) is 22.7. The number of aliphatic imine (C=N–C) groups is 1. The number of nitrogens with one attached hydrogen (secondary N) is 1. The van der Waals surface area contributed by atoms with Crippen LogP contribution in [0.1, 0.15) is 37.8 Å². The summed E-state index contributed by atoms with van der Waals surface area (Å²) in [4.78, 5) is 9.65. The van der Waals surface area contributed by atoms with Crippen LogP contribution in [0.3, 0.4) is 0 Å². The smallest absolute Gasteiger partial charge is 0.194 e. The molecule has 0 aliphatic carbocycles. The van der Waals surface area contributed by atoms with Crippen LogP contribution in [0.4, 0.5) is 0 Å². The molecule has 2 atom stereocenters. The number of likely N-dealkylation sites (tertiary alicyclic amines) is 2. The maximum atomic E-state index is 9.85. The molecule has 26 heavy (non-hydrogen) atoms. The molecule has 2 fully saturated rings. The van der Waals surface area contributed by atoms with Crippen LogP contribution in [-0.4, -0.2) is 73.3 Å². The lowest BCUT2D eigenvalue weighted by Gasteiger charge is -2.28. The first-order valence-corrected chi connectivity index (χ1v) is 9.80. The molecule has 1 aromatic carbocycles. The summed E-state index contributed by atoms with van der Waals surface area (Å²) in [6.07, 6.45) is 3.09. The third-order valence-electron chi connectivity index (χ3n) is 5.29. The molecule has 3 rings (SSSR count). The van der Waals surface area contributed by atoms with Gasteiger partial charge in [0.05, 0.1) is 25.8 Å². The highest BCUT2D eigenvalue weighted by Gasteiger charge is 2.26. The van der Waals surface area contributed by atoms with Crippen LogP contribution in [0.5, 0.6) is 5.75 Å². The van der Waals surface area contributed by atoms with Gasteiger partial charge in [0.2, 0.25) is 0 Å². The van der Waals surface area contributed by atoms with E-state index in [9.17, 15) is 5.11 Å². The predicted octanol–water partition coefficient (Wildman–Crippen LogP) is 1.86. The Bertz CT molecular complexity index is 584. The Morgan fingerprint density at radius 3 is 2.58 bits per heavy atom. The molecule has 0 spiro atoms. The van der Waals surface area contributed by atoms with Gasteiger partial charge in [-0.05, 0) is 57.0 Å². The maximum Gasteiger partial charge on any atom is 0.194 e. The first-order valence-electron chi connectivity index (χ1n) is 9.80. The molecule has 0 amide bonds. The summed E-state index contributed by atoms with van der Waals surface area (Å²) < 4.78 is 5.30. The summed E-state index contributed by atoms with van der Waals surface area (Å²) in [7, 11) is 1.70. The molecule has 2 heterocycles. The van der Waals surface area contributed by atoms with Crippen LogP contribution in [0, 0.1) is 0 Å². The van der Waals surface area contributed by atoms with Crippen molar-refractivity contribution in [1.29, 1.82) is 0 Å². The van der Waals surface area contributed by atoms with Crippen molar-refractivity contribution in [3.05, 3.63) is 29.8 Å². The fraction of sp³-hybridized carbons (Fsp3) is 0.650. The predicted molar refractivity (Wildman–Crippen MR) is 105 cm³/mol. The highest BCUT2D eigenvalue weighted by molar-refractivity contribution is 5.80. The van der Waals surface area contributed by atoms with Crippen LogP contribution < -0.4 is 10.1 Å². The molecule has 2 N–H and O–H groups in total. The van der Waals surface area contributed by atoms with Gasteiger partial charge in [0, 0.05) is 19.6 Å². The zero-order valence-corrected chi connectivity index (χ0v) is 16.0. The highest BCUT2D eigenvalue weighted by atomic mass is 16.5. The molecule has 0 aromatic heterocycles. The summed E-state index contributed by atoms with van der Waals surface area (Å²) in [6, 6.07) is 8.66.